The van der Waals surface area contributed by atoms with E-state index in [1.54, 1.807) is 18.7 Å². The molecule has 0 saturated carbocycles. The molecule has 0 spiro atoms. The van der Waals surface area contributed by atoms with Crippen LogP contribution in [0.1, 0.15) is 25.0 Å². The van der Waals surface area contributed by atoms with E-state index in [0.717, 1.165) is 17.4 Å². The number of rotatable bonds is 6. The van der Waals surface area contributed by atoms with Crippen LogP contribution >= 0.6 is 0 Å². The molecule has 0 aliphatic carbocycles. The van der Waals surface area contributed by atoms with Gasteiger partial charge in [-0.25, -0.2) is 9.59 Å². The summed E-state index contributed by atoms with van der Waals surface area (Å²) in [4.78, 5) is 37.0. The number of hydrogen-bond acceptors (Lipinski definition) is 6. The van der Waals surface area contributed by atoms with Crippen molar-refractivity contribution in [2.24, 2.45) is 0 Å². The highest BCUT2D eigenvalue weighted by atomic mass is 16.6. The molecule has 2 saturated heterocycles. The summed E-state index contributed by atoms with van der Waals surface area (Å²) in [6.07, 6.45) is -0.628. The number of amides is 2. The Labute approximate surface area is 187 Å². The first-order chi connectivity index (χ1) is 15.4. The lowest BCUT2D eigenvalue weighted by molar-refractivity contribution is -0.112. The van der Waals surface area contributed by atoms with Crippen molar-refractivity contribution >= 4 is 18.5 Å². The van der Waals surface area contributed by atoms with Crippen LogP contribution in [0.4, 0.5) is 9.59 Å². The first-order valence-corrected chi connectivity index (χ1v) is 10.5. The van der Waals surface area contributed by atoms with Crippen molar-refractivity contribution in [2.75, 3.05) is 6.61 Å². The molecule has 8 nitrogen and oxygen atoms in total. The highest BCUT2D eigenvalue weighted by molar-refractivity contribution is 5.77. The molecule has 2 aliphatic rings. The average molecular weight is 440 g/mol. The van der Waals surface area contributed by atoms with Gasteiger partial charge in [-0.1, -0.05) is 60.7 Å². The van der Waals surface area contributed by atoms with Gasteiger partial charge in [0, 0.05) is 13.1 Å². The summed E-state index contributed by atoms with van der Waals surface area (Å²) in [7, 11) is 0. The Bertz CT molecular complexity index is 907. The van der Waals surface area contributed by atoms with Crippen LogP contribution in [0.15, 0.2) is 60.7 Å². The number of aliphatic hydroxyl groups excluding tert-OH is 1. The number of hydrogen-bond donors (Lipinski definition) is 1. The number of cyclic esters (lactones) is 2. The van der Waals surface area contributed by atoms with Gasteiger partial charge in [0.1, 0.15) is 24.5 Å². The predicted molar refractivity (Wildman–Crippen MR) is 117 cm³/mol. The molecule has 4 atom stereocenters. The molecule has 2 aromatic carbocycles. The summed E-state index contributed by atoms with van der Waals surface area (Å²) >= 11 is 0. The summed E-state index contributed by atoms with van der Waals surface area (Å²) < 4.78 is 10.1. The molecule has 1 N–H and O–H groups in total. The molecular weight excluding hydrogens is 412 g/mol. The van der Waals surface area contributed by atoms with Gasteiger partial charge in [-0.05, 0) is 25.0 Å². The van der Waals surface area contributed by atoms with E-state index in [4.69, 9.17) is 9.47 Å². The maximum atomic E-state index is 11.6. The van der Waals surface area contributed by atoms with Crippen molar-refractivity contribution < 1.29 is 29.0 Å². The minimum atomic E-state index is -0.479. The molecule has 2 heterocycles. The molecule has 170 valence electrons. The van der Waals surface area contributed by atoms with Crippen molar-refractivity contribution in [1.82, 2.24) is 9.80 Å². The maximum Gasteiger partial charge on any atom is 0.411 e. The van der Waals surface area contributed by atoms with Gasteiger partial charge in [-0.15, -0.1) is 0 Å². The fourth-order valence-corrected chi connectivity index (χ4v) is 3.71. The molecule has 0 radical (unpaired) electrons. The molecule has 2 aromatic rings. The van der Waals surface area contributed by atoms with Crippen LogP contribution in [0.2, 0.25) is 0 Å². The van der Waals surface area contributed by atoms with Crippen LogP contribution < -0.4 is 0 Å². The summed E-state index contributed by atoms with van der Waals surface area (Å²) in [5.74, 6) is 0. The molecule has 0 unspecified atom stereocenters. The molecule has 8 heteroatoms. The molecule has 2 amide bonds. The second kappa shape index (κ2) is 10.8. The van der Waals surface area contributed by atoms with Crippen molar-refractivity contribution in [3.8, 4) is 0 Å². The minimum Gasteiger partial charge on any atom is -0.444 e. The average Bonchev–Trinajstić information content (AvgIpc) is 3.22. The number of ether oxygens (including phenoxy) is 2. The van der Waals surface area contributed by atoms with E-state index in [0.29, 0.717) is 13.1 Å². The monoisotopic (exact) mass is 440 g/mol. The van der Waals surface area contributed by atoms with E-state index in [1.165, 1.54) is 4.90 Å². The van der Waals surface area contributed by atoms with Crippen molar-refractivity contribution in [3.05, 3.63) is 71.8 Å². The van der Waals surface area contributed by atoms with Gasteiger partial charge < -0.3 is 19.4 Å². The number of carbonyl (C=O) groups is 3. The quantitative estimate of drug-likeness (QED) is 0.694. The third-order valence-corrected chi connectivity index (χ3v) is 5.54. The number of carbonyl (C=O) groups excluding carboxylic acids is 3. The first kappa shape index (κ1) is 23.3. The molecule has 0 bridgehead atoms. The Balaban J connectivity index is 0.000000181. The van der Waals surface area contributed by atoms with Gasteiger partial charge in [0.25, 0.3) is 0 Å². The van der Waals surface area contributed by atoms with Crippen molar-refractivity contribution in [2.45, 2.75) is 51.2 Å². The fraction of sp³-hybridized carbons (Fsp3) is 0.375. The lowest BCUT2D eigenvalue weighted by Gasteiger charge is -2.21. The third kappa shape index (κ3) is 5.45. The molecule has 32 heavy (non-hydrogen) atoms. The van der Waals surface area contributed by atoms with Crippen LogP contribution in [0, 0.1) is 0 Å². The van der Waals surface area contributed by atoms with Crippen molar-refractivity contribution in [3.63, 3.8) is 0 Å². The topological polar surface area (TPSA) is 96.4 Å². The minimum absolute atomic E-state index is 0.0697. The van der Waals surface area contributed by atoms with E-state index < -0.39 is 12.1 Å². The summed E-state index contributed by atoms with van der Waals surface area (Å²) in [6.45, 7) is 4.34. The zero-order valence-corrected chi connectivity index (χ0v) is 18.2. The number of aliphatic hydroxyl groups is 1. The second-order valence-electron chi connectivity index (χ2n) is 7.78. The van der Waals surface area contributed by atoms with E-state index in [-0.39, 0.29) is 30.9 Å². The van der Waals surface area contributed by atoms with Gasteiger partial charge in [-0.2, -0.15) is 0 Å². The number of aldehydes is 1. The second-order valence-corrected chi connectivity index (χ2v) is 7.78. The summed E-state index contributed by atoms with van der Waals surface area (Å²) in [6, 6.07) is 18.5. The number of nitrogens with zero attached hydrogens (tertiary/aromatic N) is 2. The molecule has 0 aromatic heterocycles. The predicted octanol–water partition coefficient (Wildman–Crippen LogP) is 2.98. The van der Waals surface area contributed by atoms with Crippen LogP contribution in [-0.4, -0.2) is 64.3 Å². The lowest BCUT2D eigenvalue weighted by Crippen LogP contribution is -2.38. The molecular formula is C24H28N2O6. The Morgan fingerprint density at radius 1 is 0.812 bits per heavy atom. The third-order valence-electron chi connectivity index (χ3n) is 5.54. The van der Waals surface area contributed by atoms with Crippen LogP contribution in [-0.2, 0) is 27.4 Å². The zero-order chi connectivity index (χ0) is 23.1. The largest absolute Gasteiger partial charge is 0.444 e. The maximum absolute atomic E-state index is 11.6. The van der Waals surface area contributed by atoms with E-state index in [9.17, 15) is 19.5 Å². The van der Waals surface area contributed by atoms with E-state index in [2.05, 4.69) is 0 Å². The van der Waals surface area contributed by atoms with Gasteiger partial charge in [0.15, 0.2) is 0 Å². The standard InChI is InChI=1S/C12H15NO3.C12H13NO3/c2*1-9-11(8-14)13(12(15)16-9)7-10-5-3-2-4-6-10/h2-6,9,11,14H,7-8H2,1H3;2-6,8-9,11H,7H2,1H3/t2*9-,11-/m11/s1. The van der Waals surface area contributed by atoms with Gasteiger partial charge in [-0.3, -0.25) is 9.80 Å². The lowest BCUT2D eigenvalue weighted by atomic mass is 10.1. The summed E-state index contributed by atoms with van der Waals surface area (Å²) in [5.41, 5.74) is 2.02. The van der Waals surface area contributed by atoms with Gasteiger partial charge in [0.05, 0.1) is 12.6 Å². The van der Waals surface area contributed by atoms with E-state index in [1.807, 2.05) is 60.7 Å². The Morgan fingerprint density at radius 3 is 1.78 bits per heavy atom. The highest BCUT2D eigenvalue weighted by Gasteiger charge is 2.39. The van der Waals surface area contributed by atoms with Crippen molar-refractivity contribution in [1.29, 1.82) is 0 Å². The molecule has 2 fully saturated rings. The smallest absolute Gasteiger partial charge is 0.411 e. The van der Waals surface area contributed by atoms with Crippen LogP contribution in [0.3, 0.4) is 0 Å². The van der Waals surface area contributed by atoms with Crippen LogP contribution in [0.5, 0.6) is 0 Å². The Morgan fingerprint density at radius 2 is 1.28 bits per heavy atom. The van der Waals surface area contributed by atoms with Gasteiger partial charge in [0.2, 0.25) is 0 Å². The van der Waals surface area contributed by atoms with Crippen LogP contribution in [0.25, 0.3) is 0 Å². The zero-order valence-electron chi connectivity index (χ0n) is 18.2. The number of benzene rings is 2. The molecule has 4 rings (SSSR count). The van der Waals surface area contributed by atoms with Gasteiger partial charge >= 0.3 is 12.2 Å². The highest BCUT2D eigenvalue weighted by Crippen LogP contribution is 2.22. The SMILES string of the molecule is C[C@H]1OC(=O)N(Cc2ccccc2)[C@@H]1C=O.C[C@H]1OC(=O)N(Cc2ccccc2)[C@@H]1CO. The Kier molecular flexibility index (Phi) is 7.83. The Hall–Kier alpha value is -3.39. The molecule has 2 aliphatic heterocycles. The first-order valence-electron chi connectivity index (χ1n) is 10.5. The normalized spacial score (nSPS) is 24.5. The van der Waals surface area contributed by atoms with E-state index >= 15 is 0 Å². The fourth-order valence-electron chi connectivity index (χ4n) is 3.71. The summed E-state index contributed by atoms with van der Waals surface area (Å²) in [5, 5.41) is 9.23.